The van der Waals surface area contributed by atoms with Gasteiger partial charge in [-0.3, -0.25) is 14.4 Å². The molecule has 2 rings (SSSR count). The van der Waals surface area contributed by atoms with Gasteiger partial charge in [-0.05, 0) is 50.3 Å². The highest BCUT2D eigenvalue weighted by Gasteiger charge is 2.48. The molecule has 1 unspecified atom stereocenters. The van der Waals surface area contributed by atoms with Crippen molar-refractivity contribution in [1.29, 1.82) is 0 Å². The Bertz CT molecular complexity index is 1060. The molecule has 1 aliphatic carbocycles. The number of nitrogens with zero attached hydrogens (tertiary/aromatic N) is 1. The summed E-state index contributed by atoms with van der Waals surface area (Å²) in [5.74, 6) is -3.60. The summed E-state index contributed by atoms with van der Waals surface area (Å²) in [6, 6.07) is 3.07. The van der Waals surface area contributed by atoms with Crippen molar-refractivity contribution in [3.8, 4) is 0 Å². The number of carbonyl (C=O) groups is 3. The minimum absolute atomic E-state index is 0.0226. The number of nitrogens with two attached hydrogens (primary N) is 1. The highest BCUT2D eigenvalue weighted by atomic mass is 19.1. The number of carbonyl (C=O) groups excluding carboxylic acids is 3. The summed E-state index contributed by atoms with van der Waals surface area (Å²) in [5.41, 5.74) is 5.82. The standard InChI is InChI=1S/C29H42F2N4O4/c1-5-9-35(10-6-2)27(38)22-11-19(3)16-29(17-22,28(32)39)25(14-21-12-23(30)15-24(31)13-21)26(37)18-33-7-8-34-20(4)36/h11-13,15-16,25-26,33,37H,5-10,14,17-18H2,1-4H3,(H2,32,39)(H,34,36)/t25-,26+,29?/m1/s1. The molecule has 0 aromatic heterocycles. The first-order chi connectivity index (χ1) is 18.4. The molecule has 0 aliphatic heterocycles. The fourth-order valence-corrected chi connectivity index (χ4v) is 5.28. The second-order valence-corrected chi connectivity index (χ2v) is 10.3. The van der Waals surface area contributed by atoms with Crippen molar-refractivity contribution in [2.45, 2.75) is 59.5 Å². The molecular formula is C29H42F2N4O4. The molecule has 0 saturated carbocycles. The molecule has 0 heterocycles. The number of hydrogen-bond donors (Lipinski definition) is 4. The monoisotopic (exact) mass is 548 g/mol. The lowest BCUT2D eigenvalue weighted by atomic mass is 9.63. The van der Waals surface area contributed by atoms with Gasteiger partial charge in [0.2, 0.25) is 17.7 Å². The van der Waals surface area contributed by atoms with Crippen LogP contribution in [0.1, 0.15) is 52.5 Å². The fourth-order valence-electron chi connectivity index (χ4n) is 5.28. The summed E-state index contributed by atoms with van der Waals surface area (Å²) < 4.78 is 28.2. The van der Waals surface area contributed by atoms with Gasteiger partial charge in [0.15, 0.2) is 0 Å². The zero-order valence-corrected chi connectivity index (χ0v) is 23.4. The molecule has 1 aromatic carbocycles. The first-order valence-electron chi connectivity index (χ1n) is 13.5. The van der Waals surface area contributed by atoms with E-state index in [0.717, 1.165) is 31.0 Å². The molecule has 216 valence electrons. The van der Waals surface area contributed by atoms with Crippen molar-refractivity contribution in [3.63, 3.8) is 0 Å². The summed E-state index contributed by atoms with van der Waals surface area (Å²) >= 11 is 0. The zero-order chi connectivity index (χ0) is 29.2. The lowest BCUT2D eigenvalue weighted by molar-refractivity contribution is -0.132. The van der Waals surface area contributed by atoms with Crippen molar-refractivity contribution in [2.24, 2.45) is 17.1 Å². The predicted octanol–water partition coefficient (Wildman–Crippen LogP) is 2.61. The van der Waals surface area contributed by atoms with Gasteiger partial charge in [0.25, 0.3) is 0 Å². The van der Waals surface area contributed by atoms with E-state index in [9.17, 15) is 28.3 Å². The highest BCUT2D eigenvalue weighted by Crippen LogP contribution is 2.44. The molecule has 0 fully saturated rings. The van der Waals surface area contributed by atoms with Crippen LogP contribution in [-0.2, 0) is 20.8 Å². The zero-order valence-electron chi connectivity index (χ0n) is 23.4. The molecule has 10 heteroatoms. The predicted molar refractivity (Wildman–Crippen MR) is 146 cm³/mol. The average Bonchev–Trinajstić information content (AvgIpc) is 2.85. The van der Waals surface area contributed by atoms with E-state index in [2.05, 4.69) is 10.6 Å². The van der Waals surface area contributed by atoms with Crippen molar-refractivity contribution in [2.75, 3.05) is 32.7 Å². The van der Waals surface area contributed by atoms with Crippen LogP contribution in [0.2, 0.25) is 0 Å². The number of rotatable bonds is 15. The number of benzene rings is 1. The third kappa shape index (κ3) is 8.96. The summed E-state index contributed by atoms with van der Waals surface area (Å²) in [6.07, 6.45) is 3.65. The van der Waals surface area contributed by atoms with Crippen LogP contribution >= 0.6 is 0 Å². The number of hydrogen-bond acceptors (Lipinski definition) is 5. The van der Waals surface area contributed by atoms with Gasteiger partial charge in [0, 0.05) is 57.2 Å². The van der Waals surface area contributed by atoms with E-state index in [-0.39, 0.29) is 36.8 Å². The molecule has 1 aromatic rings. The molecule has 0 radical (unpaired) electrons. The highest BCUT2D eigenvalue weighted by molar-refractivity contribution is 5.97. The number of aliphatic hydroxyl groups excluding tert-OH is 1. The summed E-state index contributed by atoms with van der Waals surface area (Å²) in [6.45, 7) is 8.93. The fraction of sp³-hybridized carbons (Fsp3) is 0.552. The van der Waals surface area contributed by atoms with Crippen LogP contribution in [-0.4, -0.2) is 66.6 Å². The molecule has 0 saturated heterocycles. The summed E-state index contributed by atoms with van der Waals surface area (Å²) in [4.78, 5) is 39.7. The minimum atomic E-state index is -1.49. The van der Waals surface area contributed by atoms with Crippen LogP contribution in [0.15, 0.2) is 41.5 Å². The van der Waals surface area contributed by atoms with Crippen molar-refractivity contribution >= 4 is 17.7 Å². The Kier molecular flexibility index (Phi) is 12.3. The molecule has 5 N–H and O–H groups in total. The van der Waals surface area contributed by atoms with E-state index in [0.29, 0.717) is 37.3 Å². The number of primary amides is 1. The molecule has 8 nitrogen and oxygen atoms in total. The van der Waals surface area contributed by atoms with Crippen LogP contribution in [0, 0.1) is 23.0 Å². The van der Waals surface area contributed by atoms with Gasteiger partial charge in [-0.2, -0.15) is 0 Å². The van der Waals surface area contributed by atoms with Crippen LogP contribution in [0.5, 0.6) is 0 Å². The molecule has 1 aliphatic rings. The van der Waals surface area contributed by atoms with Gasteiger partial charge in [0.1, 0.15) is 11.6 Å². The van der Waals surface area contributed by atoms with E-state index in [1.54, 1.807) is 24.0 Å². The quantitative estimate of drug-likeness (QED) is 0.251. The number of halogens is 2. The Morgan fingerprint density at radius 1 is 1.10 bits per heavy atom. The topological polar surface area (TPSA) is 125 Å². The van der Waals surface area contributed by atoms with E-state index < -0.39 is 35.0 Å². The van der Waals surface area contributed by atoms with Crippen LogP contribution in [0.25, 0.3) is 0 Å². The SMILES string of the molecule is CCCN(CCC)C(=O)C1=CC(C)=CC(C(N)=O)([C@H](Cc2cc(F)cc(F)c2)[C@@H](O)CNCCNC(C)=O)C1. The average molecular weight is 549 g/mol. The number of amides is 3. The first kappa shape index (κ1) is 32.1. The van der Waals surface area contributed by atoms with Gasteiger partial charge in [-0.25, -0.2) is 8.78 Å². The molecular weight excluding hydrogens is 506 g/mol. The Hall–Kier alpha value is -3.11. The van der Waals surface area contributed by atoms with Crippen molar-refractivity contribution in [3.05, 3.63) is 58.7 Å². The smallest absolute Gasteiger partial charge is 0.249 e. The van der Waals surface area contributed by atoms with E-state index >= 15 is 0 Å². The van der Waals surface area contributed by atoms with Crippen molar-refractivity contribution in [1.82, 2.24) is 15.5 Å². The summed E-state index contributed by atoms with van der Waals surface area (Å²) in [7, 11) is 0. The molecule has 3 amide bonds. The van der Waals surface area contributed by atoms with Crippen molar-refractivity contribution < 1.29 is 28.3 Å². The van der Waals surface area contributed by atoms with Crippen LogP contribution in [0.3, 0.4) is 0 Å². The van der Waals surface area contributed by atoms with Crippen LogP contribution < -0.4 is 16.4 Å². The molecule has 3 atom stereocenters. The number of aliphatic hydroxyl groups is 1. The second kappa shape index (κ2) is 14.9. The van der Waals surface area contributed by atoms with E-state index in [1.165, 1.54) is 6.92 Å². The third-order valence-corrected chi connectivity index (χ3v) is 6.91. The van der Waals surface area contributed by atoms with Gasteiger partial charge in [0.05, 0.1) is 11.5 Å². The van der Waals surface area contributed by atoms with E-state index in [1.807, 2.05) is 13.8 Å². The maximum atomic E-state index is 14.1. The second-order valence-electron chi connectivity index (χ2n) is 10.3. The molecule has 39 heavy (non-hydrogen) atoms. The Balaban J connectivity index is 2.47. The van der Waals surface area contributed by atoms with Gasteiger partial charge in [-0.15, -0.1) is 0 Å². The van der Waals surface area contributed by atoms with E-state index in [4.69, 9.17) is 5.73 Å². The molecule has 0 bridgehead atoms. The largest absolute Gasteiger partial charge is 0.391 e. The van der Waals surface area contributed by atoms with Gasteiger partial charge < -0.3 is 26.4 Å². The Morgan fingerprint density at radius 2 is 1.72 bits per heavy atom. The lowest BCUT2D eigenvalue weighted by Gasteiger charge is -2.42. The Labute approximate surface area is 229 Å². The summed E-state index contributed by atoms with van der Waals surface area (Å²) in [5, 5.41) is 17.1. The van der Waals surface area contributed by atoms with Gasteiger partial charge >= 0.3 is 0 Å². The molecule has 0 spiro atoms. The maximum absolute atomic E-state index is 14.1. The lowest BCUT2D eigenvalue weighted by Crippen LogP contribution is -2.52. The number of nitrogens with one attached hydrogen (secondary N) is 2. The number of allylic oxidation sites excluding steroid dienone is 2. The normalized spacial score (nSPS) is 18.5. The van der Waals surface area contributed by atoms with Gasteiger partial charge in [-0.1, -0.05) is 31.6 Å². The first-order valence-corrected chi connectivity index (χ1v) is 13.5. The Morgan fingerprint density at radius 3 is 2.26 bits per heavy atom. The maximum Gasteiger partial charge on any atom is 0.249 e. The third-order valence-electron chi connectivity index (χ3n) is 6.91. The minimum Gasteiger partial charge on any atom is -0.391 e. The van der Waals surface area contributed by atoms with Crippen LogP contribution in [0.4, 0.5) is 8.78 Å².